The molecule has 0 saturated heterocycles. The molecular weight excluding hydrogens is 198 g/mol. The van der Waals surface area contributed by atoms with Crippen molar-refractivity contribution in [3.8, 4) is 0 Å². The van der Waals surface area contributed by atoms with Crippen LogP contribution in [-0.2, 0) is 0 Å². The molecule has 0 amide bonds. The predicted molar refractivity (Wildman–Crippen MR) is 62.4 cm³/mol. The van der Waals surface area contributed by atoms with E-state index in [1.165, 1.54) is 0 Å². The first-order valence-electron chi connectivity index (χ1n) is 4.53. The van der Waals surface area contributed by atoms with Gasteiger partial charge in [-0.05, 0) is 18.7 Å². The van der Waals surface area contributed by atoms with Crippen LogP contribution in [0, 0.1) is 5.92 Å². The molecule has 14 heavy (non-hydrogen) atoms. The van der Waals surface area contributed by atoms with Crippen molar-refractivity contribution in [3.63, 3.8) is 0 Å². The van der Waals surface area contributed by atoms with Gasteiger partial charge in [-0.15, -0.1) is 0 Å². The van der Waals surface area contributed by atoms with E-state index in [0.717, 1.165) is 5.57 Å². The fourth-order valence-corrected chi connectivity index (χ4v) is 1.05. The van der Waals surface area contributed by atoms with Crippen molar-refractivity contribution in [2.24, 2.45) is 5.92 Å². The number of halogens is 1. The van der Waals surface area contributed by atoms with Gasteiger partial charge in [-0.25, -0.2) is 0 Å². The maximum Gasteiger partial charge on any atom is 0.0729 e. The molecule has 0 aromatic carbocycles. The van der Waals surface area contributed by atoms with Crippen molar-refractivity contribution in [1.29, 1.82) is 0 Å². The molecular formula is C11H18ClNO. The summed E-state index contributed by atoms with van der Waals surface area (Å²) in [5.41, 5.74) is 0.842. The Morgan fingerprint density at radius 1 is 1.50 bits per heavy atom. The minimum Gasteiger partial charge on any atom is -0.391 e. The third-order valence-electron chi connectivity index (χ3n) is 2.05. The van der Waals surface area contributed by atoms with Crippen molar-refractivity contribution >= 4 is 11.6 Å². The van der Waals surface area contributed by atoms with Crippen molar-refractivity contribution in [2.75, 3.05) is 13.6 Å². The number of rotatable bonds is 6. The van der Waals surface area contributed by atoms with Crippen molar-refractivity contribution in [2.45, 2.75) is 13.0 Å². The van der Waals surface area contributed by atoms with Crippen LogP contribution in [-0.4, -0.2) is 24.8 Å². The van der Waals surface area contributed by atoms with Crippen molar-refractivity contribution in [1.82, 2.24) is 5.32 Å². The Bertz CT molecular complexity index is 235. The summed E-state index contributed by atoms with van der Waals surface area (Å²) in [6.45, 7) is 9.86. The van der Waals surface area contributed by atoms with Gasteiger partial charge in [0.05, 0.1) is 6.10 Å². The lowest BCUT2D eigenvalue weighted by molar-refractivity contribution is 0.135. The molecule has 2 unspecified atom stereocenters. The van der Waals surface area contributed by atoms with Gasteiger partial charge in [-0.3, -0.25) is 0 Å². The summed E-state index contributed by atoms with van der Waals surface area (Å²) >= 11 is 5.57. The molecule has 0 radical (unpaired) electrons. The average molecular weight is 216 g/mol. The predicted octanol–water partition coefficient (Wildman–Crippen LogP) is 2.07. The van der Waals surface area contributed by atoms with E-state index in [9.17, 15) is 5.11 Å². The monoisotopic (exact) mass is 215 g/mol. The SMILES string of the molecule is C=C(Cl)/C=C\C(=C)C(C)C(O)CNC. The topological polar surface area (TPSA) is 32.3 Å². The van der Waals surface area contributed by atoms with Crippen molar-refractivity contribution in [3.05, 3.63) is 35.9 Å². The van der Waals surface area contributed by atoms with Crippen molar-refractivity contribution < 1.29 is 5.11 Å². The second-order valence-electron chi connectivity index (χ2n) is 3.27. The number of likely N-dealkylation sites (N-methyl/N-ethyl adjacent to an activating group) is 1. The van der Waals surface area contributed by atoms with Crippen LogP contribution >= 0.6 is 11.6 Å². The second-order valence-corrected chi connectivity index (χ2v) is 3.75. The first-order chi connectivity index (χ1) is 6.49. The van der Waals surface area contributed by atoms with Crippen LogP contribution in [0.25, 0.3) is 0 Å². The summed E-state index contributed by atoms with van der Waals surface area (Å²) in [7, 11) is 1.80. The summed E-state index contributed by atoms with van der Waals surface area (Å²) < 4.78 is 0. The molecule has 0 rings (SSSR count). The van der Waals surface area contributed by atoms with Gasteiger partial charge in [-0.2, -0.15) is 0 Å². The third-order valence-corrected chi connectivity index (χ3v) is 2.18. The van der Waals surface area contributed by atoms with E-state index in [1.54, 1.807) is 19.2 Å². The van der Waals surface area contributed by atoms with Crippen LogP contribution in [0.4, 0.5) is 0 Å². The van der Waals surface area contributed by atoms with E-state index in [1.807, 2.05) is 6.92 Å². The Morgan fingerprint density at radius 2 is 2.07 bits per heavy atom. The lowest BCUT2D eigenvalue weighted by atomic mass is 9.96. The first kappa shape index (κ1) is 13.4. The lowest BCUT2D eigenvalue weighted by Gasteiger charge is -2.18. The summed E-state index contributed by atoms with van der Waals surface area (Å²) in [5, 5.41) is 13.0. The van der Waals surface area contributed by atoms with E-state index < -0.39 is 6.10 Å². The van der Waals surface area contributed by atoms with Gasteiger partial charge in [0.2, 0.25) is 0 Å². The van der Waals surface area contributed by atoms with Gasteiger partial charge in [0, 0.05) is 17.5 Å². The molecule has 0 aromatic rings. The maximum absolute atomic E-state index is 9.64. The number of aliphatic hydroxyl groups is 1. The highest BCUT2D eigenvalue weighted by Crippen LogP contribution is 2.15. The molecule has 2 atom stereocenters. The number of aliphatic hydroxyl groups excluding tert-OH is 1. The zero-order chi connectivity index (χ0) is 11.1. The van der Waals surface area contributed by atoms with E-state index in [2.05, 4.69) is 18.5 Å². The molecule has 0 fully saturated rings. The Hall–Kier alpha value is -0.570. The van der Waals surface area contributed by atoms with Gasteiger partial charge in [0.15, 0.2) is 0 Å². The van der Waals surface area contributed by atoms with Crippen LogP contribution < -0.4 is 5.32 Å². The van der Waals surface area contributed by atoms with E-state index in [-0.39, 0.29) is 5.92 Å². The average Bonchev–Trinajstić information content (AvgIpc) is 2.13. The number of hydrogen-bond acceptors (Lipinski definition) is 2. The zero-order valence-corrected chi connectivity index (χ0v) is 9.51. The first-order valence-corrected chi connectivity index (χ1v) is 4.90. The molecule has 0 bridgehead atoms. The number of nitrogens with one attached hydrogen (secondary N) is 1. The minimum atomic E-state index is -0.430. The molecule has 0 spiro atoms. The second kappa shape index (κ2) is 6.82. The normalized spacial score (nSPS) is 15.4. The van der Waals surface area contributed by atoms with Crippen LogP contribution in [0.1, 0.15) is 6.92 Å². The Kier molecular flexibility index (Phi) is 6.54. The van der Waals surface area contributed by atoms with E-state index in [0.29, 0.717) is 11.6 Å². The Balaban J connectivity index is 4.17. The zero-order valence-electron chi connectivity index (χ0n) is 8.76. The maximum atomic E-state index is 9.64. The summed E-state index contributed by atoms with van der Waals surface area (Å²) in [5.74, 6) is 0.00900. The Morgan fingerprint density at radius 3 is 2.50 bits per heavy atom. The quantitative estimate of drug-likeness (QED) is 0.665. The molecule has 0 heterocycles. The minimum absolute atomic E-state index is 0.00900. The van der Waals surface area contributed by atoms with E-state index in [4.69, 9.17) is 11.6 Å². The standard InChI is InChI=1S/C11H18ClNO/c1-8(5-6-9(2)12)10(3)11(14)7-13-4/h5-6,10-11,13-14H,1-2,7H2,3-4H3/b6-5-. The number of allylic oxidation sites excluding steroid dienone is 3. The molecule has 2 nitrogen and oxygen atoms in total. The molecule has 0 aliphatic carbocycles. The van der Waals surface area contributed by atoms with Crippen LogP contribution in [0.2, 0.25) is 0 Å². The highest BCUT2D eigenvalue weighted by Gasteiger charge is 2.14. The van der Waals surface area contributed by atoms with Gasteiger partial charge in [0.1, 0.15) is 0 Å². The van der Waals surface area contributed by atoms with Gasteiger partial charge in [0.25, 0.3) is 0 Å². The molecule has 80 valence electrons. The number of hydrogen-bond donors (Lipinski definition) is 2. The smallest absolute Gasteiger partial charge is 0.0729 e. The molecule has 0 aliphatic rings. The summed E-state index contributed by atoms with van der Waals surface area (Å²) in [6.07, 6.45) is 3.02. The van der Waals surface area contributed by atoms with Gasteiger partial charge >= 0.3 is 0 Å². The van der Waals surface area contributed by atoms with Crippen LogP contribution in [0.3, 0.4) is 0 Å². The van der Waals surface area contributed by atoms with Gasteiger partial charge in [-0.1, -0.05) is 37.8 Å². The summed E-state index contributed by atoms with van der Waals surface area (Å²) in [4.78, 5) is 0. The third kappa shape index (κ3) is 5.22. The molecule has 2 N–H and O–H groups in total. The molecule has 0 aliphatic heterocycles. The fourth-order valence-electron chi connectivity index (χ4n) is 0.982. The Labute approximate surface area is 91.0 Å². The van der Waals surface area contributed by atoms with Crippen LogP contribution in [0.5, 0.6) is 0 Å². The molecule has 0 saturated carbocycles. The summed E-state index contributed by atoms with van der Waals surface area (Å²) in [6, 6.07) is 0. The fraction of sp³-hybridized carbons (Fsp3) is 0.455. The van der Waals surface area contributed by atoms with Gasteiger partial charge < -0.3 is 10.4 Å². The highest BCUT2D eigenvalue weighted by atomic mass is 35.5. The lowest BCUT2D eigenvalue weighted by Crippen LogP contribution is -2.30. The van der Waals surface area contributed by atoms with Crippen LogP contribution in [0.15, 0.2) is 35.9 Å². The highest BCUT2D eigenvalue weighted by molar-refractivity contribution is 6.30. The largest absolute Gasteiger partial charge is 0.391 e. The van der Waals surface area contributed by atoms with E-state index >= 15 is 0 Å². The molecule has 3 heteroatoms. The molecule has 0 aromatic heterocycles.